The molecule has 0 amide bonds. The van der Waals surface area contributed by atoms with Crippen LogP contribution in [-0.4, -0.2) is 28.9 Å². The minimum Gasteiger partial charge on any atom is -0.477 e. The summed E-state index contributed by atoms with van der Waals surface area (Å²) in [6, 6.07) is 0. The Labute approximate surface area is 61.0 Å². The maximum absolute atomic E-state index is 10.5. The summed E-state index contributed by atoms with van der Waals surface area (Å²) in [7, 11) is 0. The summed E-state index contributed by atoms with van der Waals surface area (Å²) in [5.74, 6) is -2.96. The number of allylic oxidation sites excluding steroid dienone is 1. The maximum Gasteiger partial charge on any atom is 0.354 e. The van der Waals surface area contributed by atoms with E-state index in [1.807, 2.05) is 0 Å². The first-order chi connectivity index (χ1) is 5.11. The van der Waals surface area contributed by atoms with E-state index in [1.165, 1.54) is 0 Å². The van der Waals surface area contributed by atoms with E-state index in [2.05, 4.69) is 4.99 Å². The highest BCUT2D eigenvalue weighted by atomic mass is 16.4. The van der Waals surface area contributed by atoms with Crippen LogP contribution >= 0.6 is 0 Å². The number of hydrogen-bond donors (Lipinski definition) is 1. The van der Waals surface area contributed by atoms with Gasteiger partial charge in [-0.2, -0.15) is 0 Å². The maximum atomic E-state index is 10.5. The van der Waals surface area contributed by atoms with E-state index in [0.717, 1.165) is 0 Å². The molecular formula is C6H3NO4. The molecule has 11 heavy (non-hydrogen) atoms. The average molecular weight is 153 g/mol. The molecule has 5 heteroatoms. The molecule has 1 rings (SSSR count). The van der Waals surface area contributed by atoms with Crippen LogP contribution in [0.5, 0.6) is 0 Å². The van der Waals surface area contributed by atoms with Crippen molar-refractivity contribution < 1.29 is 19.5 Å². The SMILES string of the molecule is O=C(O)C1=CC(=O)C(=O)C=N1. The van der Waals surface area contributed by atoms with Gasteiger partial charge in [0.25, 0.3) is 0 Å². The first kappa shape index (κ1) is 7.33. The smallest absolute Gasteiger partial charge is 0.354 e. The van der Waals surface area contributed by atoms with E-state index in [9.17, 15) is 14.4 Å². The summed E-state index contributed by atoms with van der Waals surface area (Å²) in [5.41, 5.74) is -0.408. The molecule has 0 aliphatic carbocycles. The van der Waals surface area contributed by atoms with Gasteiger partial charge in [-0.15, -0.1) is 0 Å². The number of carboxylic acid groups (broad SMARTS) is 1. The van der Waals surface area contributed by atoms with Crippen LogP contribution < -0.4 is 0 Å². The van der Waals surface area contributed by atoms with Crippen LogP contribution in [0, 0.1) is 0 Å². The van der Waals surface area contributed by atoms with Gasteiger partial charge in [-0.05, 0) is 0 Å². The normalized spacial score (nSPS) is 16.5. The van der Waals surface area contributed by atoms with E-state index >= 15 is 0 Å². The molecule has 0 saturated carbocycles. The molecule has 1 aliphatic heterocycles. The number of aliphatic imine (C=N–C) groups is 1. The van der Waals surface area contributed by atoms with Crippen LogP contribution in [0.4, 0.5) is 0 Å². The molecule has 5 nitrogen and oxygen atoms in total. The van der Waals surface area contributed by atoms with Crippen LogP contribution in [0.25, 0.3) is 0 Å². The Bertz CT molecular complexity index is 300. The van der Waals surface area contributed by atoms with Crippen LogP contribution in [0.1, 0.15) is 0 Å². The second kappa shape index (κ2) is 2.45. The molecule has 0 aromatic carbocycles. The number of aliphatic carboxylic acids is 1. The molecule has 0 spiro atoms. The summed E-state index contributed by atoms with van der Waals surface area (Å²) in [6.07, 6.45) is 1.40. The molecule has 0 radical (unpaired) electrons. The topological polar surface area (TPSA) is 83.8 Å². The minimum absolute atomic E-state index is 0.408. The first-order valence-electron chi connectivity index (χ1n) is 2.68. The fraction of sp³-hybridized carbons (Fsp3) is 0. The van der Waals surface area contributed by atoms with Gasteiger partial charge in [0.05, 0.1) is 6.21 Å². The Hall–Kier alpha value is -1.78. The highest BCUT2D eigenvalue weighted by Crippen LogP contribution is 2.01. The van der Waals surface area contributed by atoms with E-state index in [4.69, 9.17) is 5.11 Å². The number of Topliss-reactive ketones (excluding diaryl/α,β-unsaturated/α-hetero) is 1. The van der Waals surface area contributed by atoms with Crippen molar-refractivity contribution in [3.8, 4) is 0 Å². The average Bonchev–Trinajstić information content (AvgIpc) is 1.94. The fourth-order valence-electron chi connectivity index (χ4n) is 0.541. The van der Waals surface area contributed by atoms with Crippen molar-refractivity contribution in [2.75, 3.05) is 0 Å². The van der Waals surface area contributed by atoms with Gasteiger partial charge in [-0.25, -0.2) is 9.79 Å². The van der Waals surface area contributed by atoms with Crippen LogP contribution in [0.15, 0.2) is 16.8 Å². The summed E-state index contributed by atoms with van der Waals surface area (Å²) in [5, 5.41) is 8.30. The zero-order valence-electron chi connectivity index (χ0n) is 5.27. The predicted octanol–water partition coefficient (Wildman–Crippen LogP) is -0.823. The number of ketones is 2. The summed E-state index contributed by atoms with van der Waals surface area (Å²) in [4.78, 5) is 34.3. The van der Waals surface area contributed by atoms with E-state index in [0.29, 0.717) is 12.3 Å². The highest BCUT2D eigenvalue weighted by Gasteiger charge is 2.18. The van der Waals surface area contributed by atoms with Crippen LogP contribution in [-0.2, 0) is 14.4 Å². The monoisotopic (exact) mass is 153 g/mol. The number of nitrogens with zero attached hydrogens (tertiary/aromatic N) is 1. The van der Waals surface area contributed by atoms with Gasteiger partial charge in [-0.3, -0.25) is 9.59 Å². The third kappa shape index (κ3) is 1.37. The Kier molecular flexibility index (Phi) is 1.63. The standard InChI is InChI=1S/C6H3NO4/c8-4-1-3(6(10)11)7-2-5(4)9/h1-2H,(H,10,11). The van der Waals surface area contributed by atoms with Crippen molar-refractivity contribution in [2.24, 2.45) is 4.99 Å². The molecular weight excluding hydrogens is 150 g/mol. The fourth-order valence-corrected chi connectivity index (χ4v) is 0.541. The quantitative estimate of drug-likeness (QED) is 0.498. The Morgan fingerprint density at radius 3 is 2.45 bits per heavy atom. The molecule has 0 atom stereocenters. The van der Waals surface area contributed by atoms with Crippen LogP contribution in [0.3, 0.4) is 0 Å². The zero-order valence-corrected chi connectivity index (χ0v) is 5.27. The van der Waals surface area contributed by atoms with E-state index in [-0.39, 0.29) is 0 Å². The Balaban J connectivity index is 2.98. The zero-order chi connectivity index (χ0) is 8.43. The van der Waals surface area contributed by atoms with Gasteiger partial charge in [0.15, 0.2) is 5.70 Å². The second-order valence-electron chi connectivity index (χ2n) is 1.82. The summed E-state index contributed by atoms with van der Waals surface area (Å²) >= 11 is 0. The number of carboxylic acids is 1. The number of carbonyl (C=O) groups excluding carboxylic acids is 2. The van der Waals surface area contributed by atoms with Gasteiger partial charge in [0.2, 0.25) is 11.6 Å². The lowest BCUT2D eigenvalue weighted by atomic mass is 10.2. The van der Waals surface area contributed by atoms with E-state index in [1.54, 1.807) is 0 Å². The van der Waals surface area contributed by atoms with Crippen molar-refractivity contribution in [3.05, 3.63) is 11.8 Å². The third-order valence-electron chi connectivity index (χ3n) is 1.05. The van der Waals surface area contributed by atoms with Gasteiger partial charge in [0, 0.05) is 6.08 Å². The lowest BCUT2D eigenvalue weighted by molar-refractivity contribution is -0.133. The molecule has 0 aromatic rings. The van der Waals surface area contributed by atoms with Crippen molar-refractivity contribution in [2.45, 2.75) is 0 Å². The summed E-state index contributed by atoms with van der Waals surface area (Å²) in [6.45, 7) is 0. The van der Waals surface area contributed by atoms with Crippen molar-refractivity contribution in [3.63, 3.8) is 0 Å². The van der Waals surface area contributed by atoms with Crippen LogP contribution in [0.2, 0.25) is 0 Å². The Morgan fingerprint density at radius 2 is 2.00 bits per heavy atom. The van der Waals surface area contributed by atoms with Gasteiger partial charge < -0.3 is 5.11 Å². The second-order valence-corrected chi connectivity index (χ2v) is 1.82. The van der Waals surface area contributed by atoms with E-state index < -0.39 is 23.2 Å². The molecule has 1 N–H and O–H groups in total. The molecule has 0 fully saturated rings. The minimum atomic E-state index is -1.32. The number of hydrogen-bond acceptors (Lipinski definition) is 4. The van der Waals surface area contributed by atoms with Gasteiger partial charge >= 0.3 is 5.97 Å². The molecule has 1 aliphatic rings. The lowest BCUT2D eigenvalue weighted by Crippen LogP contribution is -2.18. The van der Waals surface area contributed by atoms with Gasteiger partial charge in [0.1, 0.15) is 0 Å². The highest BCUT2D eigenvalue weighted by molar-refractivity contribution is 6.62. The number of carbonyl (C=O) groups is 3. The third-order valence-corrected chi connectivity index (χ3v) is 1.05. The number of rotatable bonds is 1. The summed E-state index contributed by atoms with van der Waals surface area (Å²) < 4.78 is 0. The van der Waals surface area contributed by atoms with Crippen molar-refractivity contribution in [1.82, 2.24) is 0 Å². The molecule has 1 heterocycles. The van der Waals surface area contributed by atoms with Crippen molar-refractivity contribution in [1.29, 1.82) is 0 Å². The predicted molar refractivity (Wildman–Crippen MR) is 34.2 cm³/mol. The molecule has 56 valence electrons. The Morgan fingerprint density at radius 1 is 1.36 bits per heavy atom. The molecule has 0 aromatic heterocycles. The lowest BCUT2D eigenvalue weighted by Gasteiger charge is -1.97. The van der Waals surface area contributed by atoms with Gasteiger partial charge in [-0.1, -0.05) is 0 Å². The molecule has 0 unspecified atom stereocenters. The largest absolute Gasteiger partial charge is 0.477 e. The molecule has 0 saturated heterocycles. The first-order valence-corrected chi connectivity index (χ1v) is 2.68. The molecule has 0 bridgehead atoms. The van der Waals surface area contributed by atoms with Crippen molar-refractivity contribution >= 4 is 23.8 Å².